The number of nitriles is 1. The number of carbonyl (C=O) groups is 1. The summed E-state index contributed by atoms with van der Waals surface area (Å²) < 4.78 is 0. The average molecular weight is 485 g/mol. The maximum atomic E-state index is 12.7. The van der Waals surface area contributed by atoms with E-state index in [-0.39, 0.29) is 17.2 Å². The van der Waals surface area contributed by atoms with Crippen molar-refractivity contribution >= 4 is 55.6 Å². The van der Waals surface area contributed by atoms with Crippen molar-refractivity contribution in [1.29, 1.82) is 5.26 Å². The Balaban J connectivity index is 1.30. The molecule has 0 spiro atoms. The lowest BCUT2D eigenvalue weighted by molar-refractivity contribution is -0.113. The molecule has 5 rings (SSSR count). The third-order valence-electron chi connectivity index (χ3n) is 6.45. The van der Waals surface area contributed by atoms with E-state index in [0.29, 0.717) is 21.6 Å². The molecule has 1 amide bonds. The van der Waals surface area contributed by atoms with Crippen LogP contribution in [-0.4, -0.2) is 21.6 Å². The molecule has 0 saturated carbocycles. The summed E-state index contributed by atoms with van der Waals surface area (Å²) in [5.74, 6) is 0.600. The zero-order valence-corrected chi connectivity index (χ0v) is 20.3. The summed E-state index contributed by atoms with van der Waals surface area (Å²) in [5, 5.41) is 14.4. The second-order valence-corrected chi connectivity index (χ2v) is 11.6. The third-order valence-corrected chi connectivity index (χ3v) is 9.68. The van der Waals surface area contributed by atoms with Crippen molar-refractivity contribution in [3.05, 3.63) is 36.8 Å². The summed E-state index contributed by atoms with van der Waals surface area (Å²) in [4.78, 5) is 36.1. The third kappa shape index (κ3) is 4.00. The SMILES string of the molecule is CCC1CCc2c(sc(NC(=O)CSc3nc4sc5c(c4c(=O)[nH]3)CCCC5)c2C#N)C1. The number of nitrogens with zero attached hydrogens (tertiary/aromatic N) is 2. The van der Waals surface area contributed by atoms with Gasteiger partial charge in [-0.1, -0.05) is 25.1 Å². The maximum absolute atomic E-state index is 12.7. The van der Waals surface area contributed by atoms with Gasteiger partial charge in [0.2, 0.25) is 5.91 Å². The van der Waals surface area contributed by atoms with E-state index < -0.39 is 0 Å². The van der Waals surface area contributed by atoms with E-state index in [9.17, 15) is 14.9 Å². The van der Waals surface area contributed by atoms with Crippen molar-refractivity contribution in [3.8, 4) is 6.07 Å². The van der Waals surface area contributed by atoms with Crippen LogP contribution in [0.3, 0.4) is 0 Å². The number of aromatic nitrogens is 2. The molecule has 9 heteroatoms. The van der Waals surface area contributed by atoms with Gasteiger partial charge in [0.15, 0.2) is 5.16 Å². The Hall–Kier alpha value is -2.15. The first kappa shape index (κ1) is 21.7. The fourth-order valence-electron chi connectivity index (χ4n) is 4.72. The Morgan fingerprint density at radius 1 is 1.25 bits per heavy atom. The molecule has 2 aliphatic rings. The van der Waals surface area contributed by atoms with E-state index in [4.69, 9.17) is 0 Å². The molecule has 0 radical (unpaired) electrons. The Morgan fingerprint density at radius 2 is 2.09 bits per heavy atom. The van der Waals surface area contributed by atoms with Crippen molar-refractivity contribution in [2.24, 2.45) is 5.92 Å². The minimum absolute atomic E-state index is 0.111. The van der Waals surface area contributed by atoms with Crippen molar-refractivity contribution < 1.29 is 4.79 Å². The smallest absolute Gasteiger partial charge is 0.260 e. The zero-order chi connectivity index (χ0) is 22.2. The lowest BCUT2D eigenvalue weighted by Crippen LogP contribution is -2.16. The van der Waals surface area contributed by atoms with Gasteiger partial charge >= 0.3 is 0 Å². The normalized spacial score (nSPS) is 17.6. The van der Waals surface area contributed by atoms with Crippen molar-refractivity contribution in [1.82, 2.24) is 9.97 Å². The molecule has 6 nitrogen and oxygen atoms in total. The van der Waals surface area contributed by atoms with E-state index in [2.05, 4.69) is 28.3 Å². The summed E-state index contributed by atoms with van der Waals surface area (Å²) in [6, 6.07) is 2.30. The fourth-order valence-corrected chi connectivity index (χ4v) is 8.03. The van der Waals surface area contributed by atoms with Crippen LogP contribution >= 0.6 is 34.4 Å². The molecule has 0 fully saturated rings. The van der Waals surface area contributed by atoms with Crippen LogP contribution in [0.15, 0.2) is 9.95 Å². The molecular formula is C23H24N4O2S3. The van der Waals surface area contributed by atoms with Gasteiger partial charge in [0.05, 0.1) is 16.7 Å². The molecule has 0 bridgehead atoms. The number of amides is 1. The Morgan fingerprint density at radius 3 is 2.91 bits per heavy atom. The average Bonchev–Trinajstić information content (AvgIpc) is 3.34. The molecule has 166 valence electrons. The van der Waals surface area contributed by atoms with Crippen LogP contribution in [0, 0.1) is 17.2 Å². The van der Waals surface area contributed by atoms with Gasteiger partial charge in [0.1, 0.15) is 15.9 Å². The number of carbonyl (C=O) groups excluding carboxylic acids is 1. The Kier molecular flexibility index (Phi) is 6.10. The number of aromatic amines is 1. The number of fused-ring (bicyclic) bond motifs is 4. The largest absolute Gasteiger partial charge is 0.316 e. The summed E-state index contributed by atoms with van der Waals surface area (Å²) in [6.45, 7) is 2.20. The lowest BCUT2D eigenvalue weighted by Gasteiger charge is -2.20. The number of aryl methyl sites for hydroxylation is 2. The molecule has 2 aliphatic carbocycles. The van der Waals surface area contributed by atoms with Gasteiger partial charge in [0, 0.05) is 9.75 Å². The van der Waals surface area contributed by atoms with Crippen molar-refractivity contribution in [2.45, 2.75) is 63.4 Å². The van der Waals surface area contributed by atoms with Crippen LogP contribution in [0.5, 0.6) is 0 Å². The number of anilines is 1. The molecular weight excluding hydrogens is 460 g/mol. The van der Waals surface area contributed by atoms with E-state index in [1.807, 2.05) is 0 Å². The van der Waals surface area contributed by atoms with Crippen LogP contribution in [0.25, 0.3) is 10.2 Å². The number of nitrogens with one attached hydrogen (secondary N) is 2. The molecule has 3 aromatic heterocycles. The summed E-state index contributed by atoms with van der Waals surface area (Å²) in [7, 11) is 0. The minimum Gasteiger partial charge on any atom is -0.316 e. The molecule has 1 unspecified atom stereocenters. The lowest BCUT2D eigenvalue weighted by atomic mass is 9.86. The number of rotatable bonds is 5. The first-order chi connectivity index (χ1) is 15.6. The number of thiophene rings is 2. The van der Waals surface area contributed by atoms with Crippen LogP contribution in [-0.2, 0) is 30.5 Å². The molecule has 0 aliphatic heterocycles. The van der Waals surface area contributed by atoms with Gasteiger partial charge in [-0.15, -0.1) is 22.7 Å². The summed E-state index contributed by atoms with van der Waals surface area (Å²) >= 11 is 4.37. The van der Waals surface area contributed by atoms with Crippen molar-refractivity contribution in [3.63, 3.8) is 0 Å². The number of hydrogen-bond acceptors (Lipinski definition) is 7. The minimum atomic E-state index is -0.189. The van der Waals surface area contributed by atoms with Gasteiger partial charge in [-0.2, -0.15) is 5.26 Å². The van der Waals surface area contributed by atoms with Gasteiger partial charge < -0.3 is 10.3 Å². The molecule has 3 aromatic rings. The Bertz CT molecular complexity index is 1300. The van der Waals surface area contributed by atoms with Gasteiger partial charge in [-0.3, -0.25) is 9.59 Å². The predicted octanol–water partition coefficient (Wildman–Crippen LogP) is 5.04. The van der Waals surface area contributed by atoms with Gasteiger partial charge in [0.25, 0.3) is 5.56 Å². The first-order valence-electron chi connectivity index (χ1n) is 11.1. The van der Waals surface area contributed by atoms with Crippen LogP contribution in [0.4, 0.5) is 5.00 Å². The molecule has 32 heavy (non-hydrogen) atoms. The number of H-pyrrole nitrogens is 1. The highest BCUT2D eigenvalue weighted by atomic mass is 32.2. The highest BCUT2D eigenvalue weighted by Crippen LogP contribution is 2.40. The van der Waals surface area contributed by atoms with E-state index >= 15 is 0 Å². The molecule has 0 saturated heterocycles. The number of thioether (sulfide) groups is 1. The van der Waals surface area contributed by atoms with E-state index in [0.717, 1.165) is 72.7 Å². The van der Waals surface area contributed by atoms with Crippen LogP contribution in [0.1, 0.15) is 59.1 Å². The van der Waals surface area contributed by atoms with E-state index in [1.54, 1.807) is 11.3 Å². The highest BCUT2D eigenvalue weighted by Gasteiger charge is 2.26. The van der Waals surface area contributed by atoms with E-state index in [1.165, 1.54) is 32.9 Å². The number of hydrogen-bond donors (Lipinski definition) is 2. The summed E-state index contributed by atoms with van der Waals surface area (Å²) in [5.41, 5.74) is 2.79. The maximum Gasteiger partial charge on any atom is 0.260 e. The van der Waals surface area contributed by atoms with Crippen LogP contribution in [0.2, 0.25) is 0 Å². The zero-order valence-electron chi connectivity index (χ0n) is 17.9. The molecule has 2 N–H and O–H groups in total. The highest BCUT2D eigenvalue weighted by molar-refractivity contribution is 7.99. The quantitative estimate of drug-likeness (QED) is 0.390. The van der Waals surface area contributed by atoms with Crippen LogP contribution < -0.4 is 10.9 Å². The summed E-state index contributed by atoms with van der Waals surface area (Å²) in [6.07, 6.45) is 8.39. The standard InChI is InChI=1S/C23H24N4O2S3/c1-2-12-7-8-13-15(10-24)21(32-17(13)9-12)25-18(28)11-30-23-26-20(29)19-14-5-3-4-6-16(14)31-22(19)27-23/h12H,2-9,11H2,1H3,(H,25,28)(H,26,27,29). The molecule has 3 heterocycles. The molecule has 1 atom stereocenters. The fraction of sp³-hybridized carbons (Fsp3) is 0.478. The molecule has 0 aromatic carbocycles. The first-order valence-corrected chi connectivity index (χ1v) is 13.7. The topological polar surface area (TPSA) is 98.6 Å². The second kappa shape index (κ2) is 9.00. The predicted molar refractivity (Wildman–Crippen MR) is 131 cm³/mol. The Labute approximate surface area is 198 Å². The van der Waals surface area contributed by atoms with Gasteiger partial charge in [-0.05, 0) is 62.0 Å². The van der Waals surface area contributed by atoms with Gasteiger partial charge in [-0.25, -0.2) is 4.98 Å². The van der Waals surface area contributed by atoms with Crippen molar-refractivity contribution in [2.75, 3.05) is 11.1 Å². The second-order valence-electron chi connectivity index (χ2n) is 8.44. The monoisotopic (exact) mass is 484 g/mol.